The lowest BCUT2D eigenvalue weighted by Gasteiger charge is -2.01. The van der Waals surface area contributed by atoms with Gasteiger partial charge in [0, 0.05) is 12.5 Å². The van der Waals surface area contributed by atoms with E-state index < -0.39 is 16.1 Å². The Bertz CT molecular complexity index is 267. The molecule has 76 valence electrons. The van der Waals surface area contributed by atoms with Crippen molar-refractivity contribution in [2.24, 2.45) is 0 Å². The minimum atomic E-state index is -3.39. The number of ether oxygens (including phenoxy) is 1. The van der Waals surface area contributed by atoms with Crippen LogP contribution in [0.15, 0.2) is 12.7 Å². The van der Waals surface area contributed by atoms with Crippen molar-refractivity contribution in [3.05, 3.63) is 12.7 Å². The lowest BCUT2D eigenvalue weighted by atomic mass is 10.5. The van der Waals surface area contributed by atoms with E-state index in [4.69, 9.17) is 0 Å². The van der Waals surface area contributed by atoms with E-state index in [1.165, 1.54) is 0 Å². The minimum Gasteiger partial charge on any atom is -0.462 e. The molecule has 0 aromatic rings. The Morgan fingerprint density at radius 1 is 1.46 bits per heavy atom. The van der Waals surface area contributed by atoms with Crippen molar-refractivity contribution in [3.8, 4) is 0 Å². The number of rotatable bonds is 6. The summed E-state index contributed by atoms with van der Waals surface area (Å²) < 4.78 is 29.9. The van der Waals surface area contributed by atoms with Gasteiger partial charge in [0.2, 0.25) is 0 Å². The van der Waals surface area contributed by atoms with Crippen molar-refractivity contribution in [3.63, 3.8) is 0 Å². The van der Waals surface area contributed by atoms with E-state index >= 15 is 0 Å². The van der Waals surface area contributed by atoms with Gasteiger partial charge in [-0.1, -0.05) is 6.58 Å². The van der Waals surface area contributed by atoms with E-state index in [1.807, 2.05) is 0 Å². The first-order valence-electron chi connectivity index (χ1n) is 3.59. The second kappa shape index (κ2) is 5.71. The lowest BCUT2D eigenvalue weighted by molar-refractivity contribution is -0.137. The normalized spacial score (nSPS) is 10.8. The molecular formula is C7H12O5S. The van der Waals surface area contributed by atoms with Crippen LogP contribution in [0, 0.1) is 0 Å². The average molecular weight is 208 g/mol. The molecule has 6 heteroatoms. The Balaban J connectivity index is 3.38. The number of hydrogen-bond acceptors (Lipinski definition) is 5. The van der Waals surface area contributed by atoms with E-state index in [2.05, 4.69) is 15.5 Å². The predicted octanol–water partition coefficient (Wildman–Crippen LogP) is 0.0819. The van der Waals surface area contributed by atoms with Crippen LogP contribution < -0.4 is 0 Å². The summed E-state index contributed by atoms with van der Waals surface area (Å²) in [5, 5.41) is 0. The maximum absolute atomic E-state index is 10.5. The number of esters is 1. The SMILES string of the molecule is C=CC(=O)OCCCOS(C)(=O)=O. The number of hydrogen-bond donors (Lipinski definition) is 0. The monoisotopic (exact) mass is 208 g/mol. The summed E-state index contributed by atoms with van der Waals surface area (Å²) in [4.78, 5) is 10.5. The quantitative estimate of drug-likeness (QED) is 0.267. The minimum absolute atomic E-state index is 0.0171. The van der Waals surface area contributed by atoms with E-state index in [-0.39, 0.29) is 13.2 Å². The van der Waals surface area contributed by atoms with Gasteiger partial charge in [0.05, 0.1) is 19.5 Å². The molecule has 0 N–H and O–H groups in total. The lowest BCUT2D eigenvalue weighted by Crippen LogP contribution is -2.08. The summed E-state index contributed by atoms with van der Waals surface area (Å²) in [7, 11) is -3.39. The first-order chi connectivity index (χ1) is 5.95. The zero-order valence-electron chi connectivity index (χ0n) is 7.36. The molecule has 0 aliphatic rings. The summed E-state index contributed by atoms with van der Waals surface area (Å²) >= 11 is 0. The summed E-state index contributed by atoms with van der Waals surface area (Å²) in [6, 6.07) is 0. The van der Waals surface area contributed by atoms with Crippen LogP contribution in [0.25, 0.3) is 0 Å². The fraction of sp³-hybridized carbons (Fsp3) is 0.571. The summed E-state index contributed by atoms with van der Waals surface area (Å²) in [5.74, 6) is -0.528. The van der Waals surface area contributed by atoms with Gasteiger partial charge in [-0.15, -0.1) is 0 Å². The van der Waals surface area contributed by atoms with Gasteiger partial charge in [0.25, 0.3) is 10.1 Å². The molecule has 5 nitrogen and oxygen atoms in total. The standard InChI is InChI=1S/C7H12O5S/c1-3-7(8)11-5-4-6-12-13(2,9)10/h3H,1,4-6H2,2H3. The summed E-state index contributed by atoms with van der Waals surface area (Å²) in [6.07, 6.45) is 2.34. The van der Waals surface area contributed by atoms with Crippen molar-refractivity contribution < 1.29 is 22.1 Å². The van der Waals surface area contributed by atoms with Crippen molar-refractivity contribution in [2.45, 2.75) is 6.42 Å². The first-order valence-corrected chi connectivity index (χ1v) is 5.41. The molecule has 0 saturated carbocycles. The van der Waals surface area contributed by atoms with Gasteiger partial charge in [-0.25, -0.2) is 4.79 Å². The van der Waals surface area contributed by atoms with Gasteiger partial charge in [-0.3, -0.25) is 4.18 Å². The third kappa shape index (κ3) is 9.03. The third-order valence-corrected chi connectivity index (χ3v) is 1.59. The molecule has 0 heterocycles. The largest absolute Gasteiger partial charge is 0.462 e. The highest BCUT2D eigenvalue weighted by molar-refractivity contribution is 7.85. The van der Waals surface area contributed by atoms with Crippen LogP contribution in [0.5, 0.6) is 0 Å². The van der Waals surface area contributed by atoms with E-state index in [0.717, 1.165) is 12.3 Å². The molecule has 0 bridgehead atoms. The smallest absolute Gasteiger partial charge is 0.330 e. The molecule has 0 atom stereocenters. The van der Waals surface area contributed by atoms with Crippen molar-refractivity contribution in [1.82, 2.24) is 0 Å². The van der Waals surface area contributed by atoms with Gasteiger partial charge in [-0.05, 0) is 0 Å². The number of carbonyl (C=O) groups excluding carboxylic acids is 1. The Labute approximate surface area is 77.5 Å². The van der Waals surface area contributed by atoms with Crippen molar-refractivity contribution >= 4 is 16.1 Å². The molecule has 0 saturated heterocycles. The highest BCUT2D eigenvalue weighted by Crippen LogP contribution is 1.91. The maximum Gasteiger partial charge on any atom is 0.330 e. The van der Waals surface area contributed by atoms with Crippen LogP contribution in [0.4, 0.5) is 0 Å². The van der Waals surface area contributed by atoms with Crippen LogP contribution in [0.3, 0.4) is 0 Å². The fourth-order valence-corrected chi connectivity index (χ4v) is 0.922. The Morgan fingerprint density at radius 2 is 2.08 bits per heavy atom. The van der Waals surface area contributed by atoms with E-state index in [1.54, 1.807) is 0 Å². The molecular weight excluding hydrogens is 196 g/mol. The van der Waals surface area contributed by atoms with Crippen LogP contribution in [0.1, 0.15) is 6.42 Å². The summed E-state index contributed by atoms with van der Waals surface area (Å²) in [6.45, 7) is 3.34. The van der Waals surface area contributed by atoms with E-state index in [0.29, 0.717) is 6.42 Å². The van der Waals surface area contributed by atoms with Gasteiger partial charge in [0.15, 0.2) is 0 Å². The van der Waals surface area contributed by atoms with Gasteiger partial charge >= 0.3 is 5.97 Å². The molecule has 0 radical (unpaired) electrons. The molecule has 0 aliphatic carbocycles. The Morgan fingerprint density at radius 3 is 2.54 bits per heavy atom. The Kier molecular flexibility index (Phi) is 5.33. The maximum atomic E-state index is 10.5. The van der Waals surface area contributed by atoms with E-state index in [9.17, 15) is 13.2 Å². The topological polar surface area (TPSA) is 69.7 Å². The van der Waals surface area contributed by atoms with Gasteiger partial charge < -0.3 is 4.74 Å². The molecule has 0 aromatic heterocycles. The summed E-state index contributed by atoms with van der Waals surface area (Å²) in [5.41, 5.74) is 0. The third-order valence-electron chi connectivity index (χ3n) is 0.997. The highest BCUT2D eigenvalue weighted by atomic mass is 32.2. The average Bonchev–Trinajstić information content (AvgIpc) is 2.01. The van der Waals surface area contributed by atoms with Crippen LogP contribution in [-0.4, -0.2) is 33.9 Å². The van der Waals surface area contributed by atoms with Gasteiger partial charge in [-0.2, -0.15) is 8.42 Å². The molecule has 0 unspecified atom stereocenters. The van der Waals surface area contributed by atoms with Crippen molar-refractivity contribution in [1.29, 1.82) is 0 Å². The zero-order chi connectivity index (χ0) is 10.3. The second-order valence-electron chi connectivity index (χ2n) is 2.25. The highest BCUT2D eigenvalue weighted by Gasteiger charge is 2.01. The number of carbonyl (C=O) groups is 1. The van der Waals surface area contributed by atoms with Crippen LogP contribution in [0.2, 0.25) is 0 Å². The molecule has 0 aromatic carbocycles. The molecule has 13 heavy (non-hydrogen) atoms. The molecule has 0 amide bonds. The van der Waals surface area contributed by atoms with Gasteiger partial charge in [0.1, 0.15) is 0 Å². The fourth-order valence-electron chi connectivity index (χ4n) is 0.501. The molecule has 0 fully saturated rings. The van der Waals surface area contributed by atoms with Crippen LogP contribution >= 0.6 is 0 Å². The molecule has 0 aliphatic heterocycles. The Hall–Kier alpha value is -0.880. The molecule has 0 rings (SSSR count). The van der Waals surface area contributed by atoms with Crippen LogP contribution in [-0.2, 0) is 23.8 Å². The molecule has 0 spiro atoms. The predicted molar refractivity (Wildman–Crippen MR) is 46.6 cm³/mol. The second-order valence-corrected chi connectivity index (χ2v) is 3.90. The van der Waals surface area contributed by atoms with Crippen molar-refractivity contribution in [2.75, 3.05) is 19.5 Å². The zero-order valence-corrected chi connectivity index (χ0v) is 8.17. The first kappa shape index (κ1) is 12.1.